The van der Waals surface area contributed by atoms with E-state index in [1.165, 1.54) is 19.3 Å². The number of hydrogen-bond acceptors (Lipinski definition) is 4. The van der Waals surface area contributed by atoms with Crippen molar-refractivity contribution in [2.45, 2.75) is 51.4 Å². The summed E-state index contributed by atoms with van der Waals surface area (Å²) in [5.74, 6) is 1.97. The van der Waals surface area contributed by atoms with E-state index in [0.717, 1.165) is 31.4 Å². The van der Waals surface area contributed by atoms with Crippen molar-refractivity contribution in [2.75, 3.05) is 13.6 Å². The minimum Gasteiger partial charge on any atom is -0.315 e. The zero-order valence-electron chi connectivity index (χ0n) is 11.3. The smallest absolute Gasteiger partial charge is 0.147 e. The van der Waals surface area contributed by atoms with E-state index < -0.39 is 0 Å². The Kier molecular flexibility index (Phi) is 3.35. The van der Waals surface area contributed by atoms with Gasteiger partial charge in [0.05, 0.1) is 6.54 Å². The highest BCUT2D eigenvalue weighted by molar-refractivity contribution is 4.96. The van der Waals surface area contributed by atoms with Crippen LogP contribution < -0.4 is 5.32 Å². The molecular weight excluding hydrogens is 226 g/mol. The second-order valence-corrected chi connectivity index (χ2v) is 5.79. The van der Waals surface area contributed by atoms with E-state index in [0.29, 0.717) is 12.1 Å². The largest absolute Gasteiger partial charge is 0.315 e. The van der Waals surface area contributed by atoms with Crippen LogP contribution in [-0.2, 0) is 13.1 Å². The van der Waals surface area contributed by atoms with Crippen LogP contribution in [0.15, 0.2) is 6.33 Å². The van der Waals surface area contributed by atoms with Crippen LogP contribution in [0.5, 0.6) is 0 Å². The molecule has 1 aliphatic carbocycles. The highest BCUT2D eigenvalue weighted by atomic mass is 15.3. The van der Waals surface area contributed by atoms with Crippen molar-refractivity contribution in [3.63, 3.8) is 0 Å². The summed E-state index contributed by atoms with van der Waals surface area (Å²) in [4.78, 5) is 2.60. The molecule has 3 rings (SSSR count). The first-order chi connectivity index (χ1) is 8.78. The lowest BCUT2D eigenvalue weighted by molar-refractivity contribution is 0.0786. The number of aromatic nitrogens is 3. The Morgan fingerprint density at radius 3 is 3.06 bits per heavy atom. The Balaban J connectivity index is 1.74. The second kappa shape index (κ2) is 4.97. The van der Waals surface area contributed by atoms with Crippen molar-refractivity contribution in [3.05, 3.63) is 12.2 Å². The lowest BCUT2D eigenvalue weighted by Gasteiger charge is -2.43. The normalized spacial score (nSPS) is 33.3. The number of nitrogens with zero attached hydrogens (tertiary/aromatic N) is 4. The fourth-order valence-electron chi connectivity index (χ4n) is 3.46. The van der Waals surface area contributed by atoms with E-state index in [1.807, 2.05) is 6.33 Å². The van der Waals surface area contributed by atoms with Crippen LogP contribution in [0.1, 0.15) is 32.0 Å². The molecule has 1 saturated carbocycles. The number of fused-ring (bicyclic) bond motifs is 1. The van der Waals surface area contributed by atoms with Crippen LogP contribution in [0.4, 0.5) is 0 Å². The molecule has 5 nitrogen and oxygen atoms in total. The Labute approximate surface area is 109 Å². The van der Waals surface area contributed by atoms with Gasteiger partial charge in [-0.05, 0) is 32.2 Å². The molecule has 0 bridgehead atoms. The molecule has 0 spiro atoms. The summed E-state index contributed by atoms with van der Waals surface area (Å²) in [6, 6.07) is 1.29. The molecule has 0 saturated heterocycles. The third kappa shape index (κ3) is 2.17. The van der Waals surface area contributed by atoms with Gasteiger partial charge in [-0.3, -0.25) is 4.90 Å². The lowest BCUT2D eigenvalue weighted by Crippen LogP contribution is -2.53. The summed E-state index contributed by atoms with van der Waals surface area (Å²) < 4.78 is 2.18. The van der Waals surface area contributed by atoms with E-state index in [9.17, 15) is 0 Å². The summed E-state index contributed by atoms with van der Waals surface area (Å²) >= 11 is 0. The minimum atomic E-state index is 0.635. The number of rotatable bonds is 2. The lowest BCUT2D eigenvalue weighted by atomic mass is 9.82. The van der Waals surface area contributed by atoms with Crippen molar-refractivity contribution < 1.29 is 0 Å². The van der Waals surface area contributed by atoms with Gasteiger partial charge in [-0.15, -0.1) is 10.2 Å². The van der Waals surface area contributed by atoms with Crippen molar-refractivity contribution in [2.24, 2.45) is 5.92 Å². The van der Waals surface area contributed by atoms with Gasteiger partial charge in [-0.25, -0.2) is 0 Å². The predicted octanol–water partition coefficient (Wildman–Crippen LogP) is 0.870. The molecule has 3 unspecified atom stereocenters. The Morgan fingerprint density at radius 2 is 2.22 bits per heavy atom. The zero-order valence-corrected chi connectivity index (χ0v) is 11.3. The summed E-state index contributed by atoms with van der Waals surface area (Å²) in [5.41, 5.74) is 0. The maximum absolute atomic E-state index is 4.22. The van der Waals surface area contributed by atoms with Crippen molar-refractivity contribution >= 4 is 0 Å². The van der Waals surface area contributed by atoms with Crippen LogP contribution in [-0.4, -0.2) is 45.3 Å². The van der Waals surface area contributed by atoms with Gasteiger partial charge in [0.25, 0.3) is 0 Å². The van der Waals surface area contributed by atoms with Gasteiger partial charge < -0.3 is 9.88 Å². The molecule has 5 heteroatoms. The number of hydrogen-bond donors (Lipinski definition) is 1. The van der Waals surface area contributed by atoms with E-state index in [2.05, 4.69) is 39.0 Å². The average molecular weight is 249 g/mol. The molecule has 3 atom stereocenters. The summed E-state index contributed by atoms with van der Waals surface area (Å²) in [5, 5.41) is 11.7. The molecule has 2 heterocycles. The molecule has 2 aliphatic rings. The van der Waals surface area contributed by atoms with E-state index in [-0.39, 0.29) is 0 Å². The van der Waals surface area contributed by atoms with Gasteiger partial charge in [0.15, 0.2) is 0 Å². The molecule has 1 aromatic heterocycles. The molecule has 0 radical (unpaired) electrons. The topological polar surface area (TPSA) is 46.0 Å². The van der Waals surface area contributed by atoms with E-state index >= 15 is 0 Å². The van der Waals surface area contributed by atoms with Crippen molar-refractivity contribution in [1.29, 1.82) is 0 Å². The molecule has 1 aliphatic heterocycles. The van der Waals surface area contributed by atoms with Crippen LogP contribution >= 0.6 is 0 Å². The summed E-state index contributed by atoms with van der Waals surface area (Å²) in [6.45, 7) is 5.49. The fourth-order valence-corrected chi connectivity index (χ4v) is 3.46. The van der Waals surface area contributed by atoms with E-state index in [1.54, 1.807) is 0 Å². The number of likely N-dealkylation sites (N-methyl/N-ethyl adjacent to an activating group) is 1. The van der Waals surface area contributed by atoms with Gasteiger partial charge >= 0.3 is 0 Å². The summed E-state index contributed by atoms with van der Waals surface area (Å²) in [6.07, 6.45) is 5.81. The first kappa shape index (κ1) is 12.1. The van der Waals surface area contributed by atoms with Gasteiger partial charge in [-0.1, -0.05) is 6.92 Å². The molecule has 18 heavy (non-hydrogen) atoms. The van der Waals surface area contributed by atoms with Gasteiger partial charge in [0.1, 0.15) is 12.2 Å². The van der Waals surface area contributed by atoms with Gasteiger partial charge in [0.2, 0.25) is 0 Å². The van der Waals surface area contributed by atoms with E-state index in [4.69, 9.17) is 0 Å². The van der Waals surface area contributed by atoms with Crippen LogP contribution in [0.3, 0.4) is 0 Å². The summed E-state index contributed by atoms with van der Waals surface area (Å²) in [7, 11) is 2.10. The quantitative estimate of drug-likeness (QED) is 0.845. The Hall–Kier alpha value is -0.940. The van der Waals surface area contributed by atoms with Gasteiger partial charge in [-0.2, -0.15) is 0 Å². The monoisotopic (exact) mass is 249 g/mol. The van der Waals surface area contributed by atoms with Crippen molar-refractivity contribution in [3.8, 4) is 0 Å². The maximum Gasteiger partial charge on any atom is 0.147 e. The standard InChI is InChI=1S/C13H23N5/c1-10-3-4-11(14-2)12(7-10)17-5-6-18-9-15-16-13(18)8-17/h9-12,14H,3-8H2,1-2H3. The van der Waals surface area contributed by atoms with Crippen molar-refractivity contribution in [1.82, 2.24) is 25.0 Å². The first-order valence-corrected chi connectivity index (χ1v) is 7.06. The average Bonchev–Trinajstić information content (AvgIpc) is 2.85. The van der Waals surface area contributed by atoms with Crippen LogP contribution in [0.2, 0.25) is 0 Å². The highest BCUT2D eigenvalue weighted by Gasteiger charge is 2.33. The zero-order chi connectivity index (χ0) is 12.5. The minimum absolute atomic E-state index is 0.635. The molecule has 1 N–H and O–H groups in total. The molecular formula is C13H23N5. The van der Waals surface area contributed by atoms with Gasteiger partial charge in [0, 0.05) is 25.2 Å². The Morgan fingerprint density at radius 1 is 1.33 bits per heavy atom. The molecule has 0 amide bonds. The van der Waals surface area contributed by atoms with Crippen LogP contribution in [0.25, 0.3) is 0 Å². The maximum atomic E-state index is 4.22. The first-order valence-electron chi connectivity index (χ1n) is 7.06. The molecule has 1 fully saturated rings. The second-order valence-electron chi connectivity index (χ2n) is 5.79. The Bertz CT molecular complexity index is 402. The predicted molar refractivity (Wildman–Crippen MR) is 70.1 cm³/mol. The highest BCUT2D eigenvalue weighted by Crippen LogP contribution is 2.29. The number of nitrogens with one attached hydrogen (secondary N) is 1. The molecule has 0 aromatic carbocycles. The van der Waals surface area contributed by atoms with Crippen LogP contribution in [0, 0.1) is 5.92 Å². The third-order valence-corrected chi connectivity index (χ3v) is 4.59. The third-order valence-electron chi connectivity index (χ3n) is 4.59. The molecule has 1 aromatic rings. The SMILES string of the molecule is CNC1CCC(C)CC1N1CCn2cnnc2C1. The fraction of sp³-hybridized carbons (Fsp3) is 0.846. The molecule has 100 valence electrons.